The Balaban J connectivity index is 2.63. The van der Waals surface area contributed by atoms with E-state index in [-0.39, 0.29) is 16.4 Å². The van der Waals surface area contributed by atoms with Gasteiger partial charge in [-0.05, 0) is 11.5 Å². The van der Waals surface area contributed by atoms with Crippen LogP contribution in [0, 0.1) is 5.41 Å². The second kappa shape index (κ2) is 5.54. The quantitative estimate of drug-likeness (QED) is 0.549. The van der Waals surface area contributed by atoms with Crippen LogP contribution in [0.2, 0.25) is 0 Å². The Labute approximate surface area is 134 Å². The molecule has 0 bridgehead atoms. The molecule has 0 aromatic heterocycles. The Morgan fingerprint density at radius 3 is 2.27 bits per heavy atom. The highest BCUT2D eigenvalue weighted by molar-refractivity contribution is 6.37. The number of halogens is 1. The van der Waals surface area contributed by atoms with Crippen LogP contribution < -0.4 is 0 Å². The number of allylic oxidation sites excluding steroid dienone is 1. The van der Waals surface area contributed by atoms with Crippen molar-refractivity contribution in [1.82, 2.24) is 0 Å². The van der Waals surface area contributed by atoms with E-state index in [2.05, 4.69) is 0 Å². The average molecular weight is 323 g/mol. The zero-order valence-corrected chi connectivity index (χ0v) is 13.4. The van der Waals surface area contributed by atoms with Crippen LogP contribution >= 0.6 is 11.6 Å². The molecule has 118 valence electrons. The monoisotopic (exact) mass is 322 g/mol. The lowest BCUT2D eigenvalue weighted by atomic mass is 9.68. The van der Waals surface area contributed by atoms with E-state index >= 15 is 0 Å². The standard InChI is InChI=1S/C17H19ClO4/c1-16(2,3)17(22)9-11(18)12(14(20)15(17)21)13(19)10-7-5-4-6-8-10/h4-9,15,19,21-22H,1-3H3. The summed E-state index contributed by atoms with van der Waals surface area (Å²) in [7, 11) is 0. The highest BCUT2D eigenvalue weighted by atomic mass is 35.5. The first kappa shape index (κ1) is 16.7. The Bertz CT molecular complexity index is 655. The van der Waals surface area contributed by atoms with Crippen molar-refractivity contribution in [2.75, 3.05) is 0 Å². The fourth-order valence-corrected chi connectivity index (χ4v) is 2.74. The lowest BCUT2D eigenvalue weighted by molar-refractivity contribution is -0.148. The molecule has 4 nitrogen and oxygen atoms in total. The van der Waals surface area contributed by atoms with Crippen LogP contribution in [0.5, 0.6) is 0 Å². The fraction of sp³-hybridized carbons (Fsp3) is 0.353. The van der Waals surface area contributed by atoms with Gasteiger partial charge in [-0.3, -0.25) is 4.79 Å². The summed E-state index contributed by atoms with van der Waals surface area (Å²) >= 11 is 6.13. The van der Waals surface area contributed by atoms with Crippen molar-refractivity contribution in [3.8, 4) is 0 Å². The first-order chi connectivity index (χ1) is 10.1. The molecule has 0 radical (unpaired) electrons. The molecule has 1 aliphatic carbocycles. The van der Waals surface area contributed by atoms with E-state index in [1.165, 1.54) is 6.08 Å². The molecule has 3 N–H and O–H groups in total. The SMILES string of the molecule is CC(C)(C)C1(O)C=C(Cl)C(=C(O)c2ccccc2)C(=O)C1O. The summed E-state index contributed by atoms with van der Waals surface area (Å²) < 4.78 is 0. The van der Waals surface area contributed by atoms with E-state index in [0.717, 1.165) is 0 Å². The third kappa shape index (κ3) is 2.58. The largest absolute Gasteiger partial charge is 0.507 e. The molecule has 2 unspecified atom stereocenters. The third-order valence-electron chi connectivity index (χ3n) is 3.98. The Morgan fingerprint density at radius 2 is 1.77 bits per heavy atom. The maximum absolute atomic E-state index is 12.5. The van der Waals surface area contributed by atoms with Gasteiger partial charge in [0.2, 0.25) is 0 Å². The van der Waals surface area contributed by atoms with Crippen LogP contribution in [0.25, 0.3) is 5.76 Å². The Hall–Kier alpha value is -1.62. The molecule has 5 heteroatoms. The summed E-state index contributed by atoms with van der Waals surface area (Å²) in [6, 6.07) is 8.43. The number of carbonyl (C=O) groups excluding carboxylic acids is 1. The number of hydrogen-bond acceptors (Lipinski definition) is 4. The number of aliphatic hydroxyl groups is 3. The number of benzene rings is 1. The molecule has 0 amide bonds. The van der Waals surface area contributed by atoms with E-state index < -0.39 is 22.9 Å². The maximum Gasteiger partial charge on any atom is 0.199 e. The van der Waals surface area contributed by atoms with Gasteiger partial charge in [-0.2, -0.15) is 0 Å². The van der Waals surface area contributed by atoms with Crippen molar-refractivity contribution in [3.05, 3.63) is 52.6 Å². The van der Waals surface area contributed by atoms with Gasteiger partial charge in [-0.25, -0.2) is 0 Å². The summed E-state index contributed by atoms with van der Waals surface area (Å²) in [5.41, 5.74) is -2.39. The minimum atomic E-state index is -1.80. The van der Waals surface area contributed by atoms with E-state index in [4.69, 9.17) is 11.6 Å². The highest BCUT2D eigenvalue weighted by Crippen LogP contribution is 2.43. The molecule has 1 aromatic carbocycles. The zero-order chi connectivity index (χ0) is 16.7. The van der Waals surface area contributed by atoms with Gasteiger partial charge in [0.05, 0.1) is 10.6 Å². The molecule has 1 aromatic rings. The van der Waals surface area contributed by atoms with Gasteiger partial charge in [-0.15, -0.1) is 0 Å². The van der Waals surface area contributed by atoms with E-state index in [9.17, 15) is 20.1 Å². The molecule has 0 fully saturated rings. The number of hydrogen-bond donors (Lipinski definition) is 3. The number of rotatable bonds is 1. The highest BCUT2D eigenvalue weighted by Gasteiger charge is 2.52. The molecular formula is C17H19ClO4. The predicted molar refractivity (Wildman–Crippen MR) is 85.3 cm³/mol. The molecule has 2 rings (SSSR count). The molecule has 22 heavy (non-hydrogen) atoms. The van der Waals surface area contributed by atoms with E-state index in [1.54, 1.807) is 51.1 Å². The molecule has 1 aliphatic rings. The molecular weight excluding hydrogens is 304 g/mol. The van der Waals surface area contributed by atoms with Gasteiger partial charge in [-0.1, -0.05) is 62.7 Å². The minimum Gasteiger partial charge on any atom is -0.507 e. The number of aliphatic hydroxyl groups excluding tert-OH is 2. The average Bonchev–Trinajstić information content (AvgIpc) is 2.44. The zero-order valence-electron chi connectivity index (χ0n) is 12.7. The number of carbonyl (C=O) groups is 1. The Morgan fingerprint density at radius 1 is 1.23 bits per heavy atom. The number of ketones is 1. The third-order valence-corrected chi connectivity index (χ3v) is 4.28. The second-order valence-corrected chi connectivity index (χ2v) is 6.83. The van der Waals surface area contributed by atoms with Crippen molar-refractivity contribution in [2.24, 2.45) is 5.41 Å². The van der Waals surface area contributed by atoms with Crippen LogP contribution in [0.15, 0.2) is 47.0 Å². The minimum absolute atomic E-state index is 0.0749. The molecule has 0 saturated carbocycles. The van der Waals surface area contributed by atoms with Gasteiger partial charge < -0.3 is 15.3 Å². The molecule has 0 spiro atoms. The lowest BCUT2D eigenvalue weighted by Crippen LogP contribution is -2.57. The van der Waals surface area contributed by atoms with Gasteiger partial charge in [0.1, 0.15) is 17.5 Å². The van der Waals surface area contributed by atoms with E-state index in [0.29, 0.717) is 5.56 Å². The predicted octanol–water partition coefficient (Wildman–Crippen LogP) is 2.80. The Kier molecular flexibility index (Phi) is 4.22. The summed E-state index contributed by atoms with van der Waals surface area (Å²) in [6.07, 6.45) is -0.467. The normalized spacial score (nSPS) is 28.4. The van der Waals surface area contributed by atoms with Crippen molar-refractivity contribution in [1.29, 1.82) is 0 Å². The van der Waals surface area contributed by atoms with Crippen LogP contribution in [0.1, 0.15) is 26.3 Å². The smallest absolute Gasteiger partial charge is 0.199 e. The van der Waals surface area contributed by atoms with Crippen LogP contribution in [0.3, 0.4) is 0 Å². The van der Waals surface area contributed by atoms with Crippen LogP contribution in [-0.2, 0) is 4.79 Å². The van der Waals surface area contributed by atoms with Gasteiger partial charge in [0.25, 0.3) is 0 Å². The van der Waals surface area contributed by atoms with Gasteiger partial charge >= 0.3 is 0 Å². The van der Waals surface area contributed by atoms with Crippen molar-refractivity contribution in [3.63, 3.8) is 0 Å². The van der Waals surface area contributed by atoms with Crippen molar-refractivity contribution >= 4 is 23.1 Å². The van der Waals surface area contributed by atoms with Gasteiger partial charge in [0, 0.05) is 5.56 Å². The fourth-order valence-electron chi connectivity index (χ4n) is 2.40. The molecule has 0 heterocycles. The summed E-state index contributed by atoms with van der Waals surface area (Å²) in [6.45, 7) is 5.07. The summed E-state index contributed by atoms with van der Waals surface area (Å²) in [5, 5.41) is 31.2. The topological polar surface area (TPSA) is 77.8 Å². The first-order valence-electron chi connectivity index (χ1n) is 6.91. The molecule has 0 aliphatic heterocycles. The summed E-state index contributed by atoms with van der Waals surface area (Å²) in [5.74, 6) is -1.12. The van der Waals surface area contributed by atoms with Crippen LogP contribution in [-0.4, -0.2) is 32.8 Å². The van der Waals surface area contributed by atoms with E-state index in [1.807, 2.05) is 0 Å². The van der Waals surface area contributed by atoms with Crippen molar-refractivity contribution < 1.29 is 20.1 Å². The van der Waals surface area contributed by atoms with Crippen LogP contribution in [0.4, 0.5) is 0 Å². The van der Waals surface area contributed by atoms with Crippen molar-refractivity contribution in [2.45, 2.75) is 32.5 Å². The lowest BCUT2D eigenvalue weighted by Gasteiger charge is -2.43. The summed E-state index contributed by atoms with van der Waals surface area (Å²) in [4.78, 5) is 12.5. The first-order valence-corrected chi connectivity index (χ1v) is 7.29. The second-order valence-electron chi connectivity index (χ2n) is 6.42. The van der Waals surface area contributed by atoms with Gasteiger partial charge in [0.15, 0.2) is 5.78 Å². The molecule has 0 saturated heterocycles. The molecule has 2 atom stereocenters. The number of Topliss-reactive ketones (excluding diaryl/α,β-unsaturated/α-hetero) is 1. The maximum atomic E-state index is 12.5.